The van der Waals surface area contributed by atoms with Gasteiger partial charge in [-0.2, -0.15) is 0 Å². The second kappa shape index (κ2) is 8.72. The molecule has 3 aromatic carbocycles. The van der Waals surface area contributed by atoms with Gasteiger partial charge in [0, 0.05) is 16.9 Å². The Morgan fingerprint density at radius 1 is 1.00 bits per heavy atom. The molecule has 3 unspecified atom stereocenters. The molecule has 3 atom stereocenters. The van der Waals surface area contributed by atoms with Gasteiger partial charge in [-0.05, 0) is 53.6 Å². The number of halogens is 1. The Balaban J connectivity index is 1.40. The number of amides is 1. The molecule has 1 aliphatic heterocycles. The van der Waals surface area contributed by atoms with Crippen LogP contribution in [0.15, 0.2) is 89.4 Å². The maximum atomic E-state index is 13.1. The first-order valence-electron chi connectivity index (χ1n) is 10.8. The average Bonchev–Trinajstić information content (AvgIpc) is 3.30. The molecule has 0 spiro atoms. The fraction of sp³-hybridized carbons (Fsp3) is 0.222. The fourth-order valence-corrected chi connectivity index (χ4v) is 5.14. The number of fused-ring (bicyclic) bond motifs is 3. The van der Waals surface area contributed by atoms with Gasteiger partial charge in [0.2, 0.25) is 0 Å². The second-order valence-corrected chi connectivity index (χ2v) is 9.20. The number of nitrogens with one attached hydrogen (secondary N) is 2. The van der Waals surface area contributed by atoms with Gasteiger partial charge in [-0.25, -0.2) is 0 Å². The normalized spacial score (nSPS) is 21.1. The minimum absolute atomic E-state index is 0.0183. The molecule has 4 heteroatoms. The summed E-state index contributed by atoms with van der Waals surface area (Å²) in [6.07, 6.45) is 6.47. The van der Waals surface area contributed by atoms with E-state index in [1.165, 1.54) is 16.7 Å². The van der Waals surface area contributed by atoms with Crippen molar-refractivity contribution < 1.29 is 4.79 Å². The molecule has 3 aromatic rings. The van der Waals surface area contributed by atoms with E-state index in [-0.39, 0.29) is 11.9 Å². The quantitative estimate of drug-likeness (QED) is 0.431. The van der Waals surface area contributed by atoms with Crippen molar-refractivity contribution in [2.75, 3.05) is 11.9 Å². The lowest BCUT2D eigenvalue weighted by atomic mass is 9.76. The molecule has 2 N–H and O–H groups in total. The van der Waals surface area contributed by atoms with Crippen LogP contribution in [0.25, 0.3) is 0 Å². The predicted molar refractivity (Wildman–Crippen MR) is 129 cm³/mol. The minimum Gasteiger partial charge on any atom is -0.377 e. The number of benzene rings is 3. The van der Waals surface area contributed by atoms with Crippen molar-refractivity contribution in [3.8, 4) is 0 Å². The maximum Gasteiger partial charge on any atom is 0.253 e. The van der Waals surface area contributed by atoms with Gasteiger partial charge >= 0.3 is 0 Å². The Bertz CT molecular complexity index is 1110. The van der Waals surface area contributed by atoms with Crippen molar-refractivity contribution in [2.24, 2.45) is 5.92 Å². The van der Waals surface area contributed by atoms with E-state index >= 15 is 0 Å². The molecule has 0 radical (unpaired) electrons. The Kier molecular flexibility index (Phi) is 5.65. The average molecular weight is 473 g/mol. The molecule has 2 aliphatic rings. The van der Waals surface area contributed by atoms with Crippen molar-refractivity contribution in [3.63, 3.8) is 0 Å². The van der Waals surface area contributed by atoms with Gasteiger partial charge in [0.25, 0.3) is 5.91 Å². The van der Waals surface area contributed by atoms with Crippen molar-refractivity contribution in [1.82, 2.24) is 5.32 Å². The summed E-state index contributed by atoms with van der Waals surface area (Å²) in [6, 6.07) is 25.1. The van der Waals surface area contributed by atoms with Gasteiger partial charge in [-0.1, -0.05) is 82.7 Å². The maximum absolute atomic E-state index is 13.1. The molecule has 1 amide bonds. The van der Waals surface area contributed by atoms with E-state index in [1.807, 2.05) is 30.3 Å². The summed E-state index contributed by atoms with van der Waals surface area (Å²) in [6.45, 7) is 0.620. The molecule has 0 fully saturated rings. The number of para-hydroxylation sites is 1. The van der Waals surface area contributed by atoms with Crippen molar-refractivity contribution in [1.29, 1.82) is 0 Å². The fourth-order valence-electron chi connectivity index (χ4n) is 4.87. The molecule has 3 nitrogen and oxygen atoms in total. The zero-order chi connectivity index (χ0) is 21.2. The number of hydrogen-bond donors (Lipinski definition) is 2. The predicted octanol–water partition coefficient (Wildman–Crippen LogP) is 6.25. The summed E-state index contributed by atoms with van der Waals surface area (Å²) in [5, 5.41) is 6.86. The highest BCUT2D eigenvalue weighted by atomic mass is 79.9. The van der Waals surface area contributed by atoms with Crippen LogP contribution in [0, 0.1) is 5.92 Å². The highest BCUT2D eigenvalue weighted by Gasteiger charge is 2.39. The summed E-state index contributed by atoms with van der Waals surface area (Å²) < 4.78 is 1.08. The van der Waals surface area contributed by atoms with Gasteiger partial charge in [0.05, 0.1) is 17.3 Å². The molecular weight excluding hydrogens is 448 g/mol. The van der Waals surface area contributed by atoms with Gasteiger partial charge in [0.15, 0.2) is 0 Å². The van der Waals surface area contributed by atoms with E-state index in [0.29, 0.717) is 18.4 Å². The van der Waals surface area contributed by atoms with Crippen LogP contribution in [0.1, 0.15) is 45.4 Å². The molecule has 1 heterocycles. The third-order valence-electron chi connectivity index (χ3n) is 6.41. The third kappa shape index (κ3) is 4.05. The smallest absolute Gasteiger partial charge is 0.253 e. The number of rotatable bonds is 5. The monoisotopic (exact) mass is 472 g/mol. The van der Waals surface area contributed by atoms with Crippen LogP contribution >= 0.6 is 15.9 Å². The molecule has 1 aliphatic carbocycles. The second-order valence-electron chi connectivity index (χ2n) is 8.29. The number of hydrogen-bond acceptors (Lipinski definition) is 2. The highest BCUT2D eigenvalue weighted by molar-refractivity contribution is 9.10. The Hall–Kier alpha value is -2.85. The van der Waals surface area contributed by atoms with Gasteiger partial charge in [0.1, 0.15) is 0 Å². The molecule has 0 saturated carbocycles. The van der Waals surface area contributed by atoms with E-state index < -0.39 is 0 Å². The number of carbonyl (C=O) groups excluding carboxylic acids is 1. The Labute approximate surface area is 191 Å². The van der Waals surface area contributed by atoms with E-state index in [2.05, 4.69) is 81.2 Å². The van der Waals surface area contributed by atoms with Crippen LogP contribution in [0.2, 0.25) is 0 Å². The lowest BCUT2D eigenvalue weighted by molar-refractivity contribution is 0.0954. The summed E-state index contributed by atoms with van der Waals surface area (Å²) in [5.74, 6) is 0.780. The summed E-state index contributed by atoms with van der Waals surface area (Å²) >= 11 is 3.54. The lowest BCUT2D eigenvalue weighted by Gasteiger charge is -2.38. The van der Waals surface area contributed by atoms with E-state index in [1.54, 1.807) is 0 Å². The zero-order valence-electron chi connectivity index (χ0n) is 17.2. The lowest BCUT2D eigenvalue weighted by Crippen LogP contribution is -2.32. The van der Waals surface area contributed by atoms with E-state index in [9.17, 15) is 4.79 Å². The molecule has 0 saturated heterocycles. The van der Waals surface area contributed by atoms with Crippen LogP contribution < -0.4 is 10.6 Å². The van der Waals surface area contributed by atoms with Crippen molar-refractivity contribution >= 4 is 27.5 Å². The van der Waals surface area contributed by atoms with Crippen LogP contribution in [0.4, 0.5) is 5.69 Å². The van der Waals surface area contributed by atoms with Crippen molar-refractivity contribution in [2.45, 2.75) is 24.8 Å². The summed E-state index contributed by atoms with van der Waals surface area (Å²) in [7, 11) is 0. The largest absolute Gasteiger partial charge is 0.377 e. The summed E-state index contributed by atoms with van der Waals surface area (Å²) in [4.78, 5) is 13.1. The van der Waals surface area contributed by atoms with Crippen LogP contribution in [-0.4, -0.2) is 12.5 Å². The Morgan fingerprint density at radius 2 is 1.81 bits per heavy atom. The van der Waals surface area contributed by atoms with Crippen LogP contribution in [0.3, 0.4) is 0 Å². The van der Waals surface area contributed by atoms with Gasteiger partial charge < -0.3 is 10.6 Å². The first-order chi connectivity index (χ1) is 15.2. The number of anilines is 1. The van der Waals surface area contributed by atoms with E-state index in [4.69, 9.17) is 0 Å². The molecule has 0 aromatic heterocycles. The SMILES string of the molecule is O=C(NCCc1ccccc1)c1cccc2c1NC(c1ccc(Br)cc1)C1CC=CC21. The Morgan fingerprint density at radius 3 is 2.61 bits per heavy atom. The molecule has 31 heavy (non-hydrogen) atoms. The number of carbonyl (C=O) groups is 1. The number of allylic oxidation sites excluding steroid dienone is 2. The highest BCUT2D eigenvalue weighted by Crippen LogP contribution is 2.50. The standard InChI is InChI=1S/C27H25BrN2O/c28-20-14-12-19(13-15-20)25-22-9-4-8-21(22)23-10-5-11-24(26(23)30-25)27(31)29-17-16-18-6-2-1-3-7-18/h1-8,10-15,21-22,25,30H,9,16-17H2,(H,29,31). The molecule has 0 bridgehead atoms. The topological polar surface area (TPSA) is 41.1 Å². The first kappa shape index (κ1) is 20.1. The van der Waals surface area contributed by atoms with Crippen molar-refractivity contribution in [3.05, 3.63) is 112 Å². The minimum atomic E-state index is -0.0183. The van der Waals surface area contributed by atoms with Gasteiger partial charge in [-0.15, -0.1) is 0 Å². The zero-order valence-corrected chi connectivity index (χ0v) is 18.8. The van der Waals surface area contributed by atoms with Gasteiger partial charge in [-0.3, -0.25) is 4.79 Å². The first-order valence-corrected chi connectivity index (χ1v) is 11.6. The van der Waals surface area contributed by atoms with E-state index in [0.717, 1.165) is 28.6 Å². The van der Waals surface area contributed by atoms with Crippen LogP contribution in [0.5, 0.6) is 0 Å². The molecule has 156 valence electrons. The molecule has 5 rings (SSSR count). The third-order valence-corrected chi connectivity index (χ3v) is 6.94. The van der Waals surface area contributed by atoms with Crippen LogP contribution in [-0.2, 0) is 6.42 Å². The molecular formula is C27H25BrN2O. The summed E-state index contributed by atoms with van der Waals surface area (Å²) in [5.41, 5.74) is 5.41.